The molecule has 110 valence electrons. The zero-order valence-electron chi connectivity index (χ0n) is 12.0. The minimum Gasteiger partial charge on any atom is -0.312 e. The molecule has 0 spiro atoms. The largest absolute Gasteiger partial charge is 0.312 e. The van der Waals surface area contributed by atoms with E-state index in [1.54, 1.807) is 0 Å². The number of thioether (sulfide) groups is 2. The van der Waals surface area contributed by atoms with Gasteiger partial charge in [-0.25, -0.2) is 0 Å². The highest BCUT2D eigenvalue weighted by molar-refractivity contribution is 8.03. The third-order valence-corrected chi connectivity index (χ3v) is 7.15. The second-order valence-electron chi connectivity index (χ2n) is 6.44. The van der Waals surface area contributed by atoms with Gasteiger partial charge in [0.1, 0.15) is 0 Å². The van der Waals surface area contributed by atoms with Gasteiger partial charge in [0, 0.05) is 35.6 Å². The zero-order valence-corrected chi connectivity index (χ0v) is 13.6. The van der Waals surface area contributed by atoms with E-state index in [9.17, 15) is 0 Å². The molecule has 3 aliphatic rings. The van der Waals surface area contributed by atoms with Crippen LogP contribution in [0.5, 0.6) is 0 Å². The SMILES string of the molecule is C1CSCC(NCC2CCN(CC3CC3)CC2)CS1. The Labute approximate surface area is 126 Å². The first-order chi connectivity index (χ1) is 9.40. The minimum atomic E-state index is 0.766. The first kappa shape index (κ1) is 14.6. The molecule has 3 fully saturated rings. The van der Waals surface area contributed by atoms with Crippen LogP contribution in [0.3, 0.4) is 0 Å². The summed E-state index contributed by atoms with van der Waals surface area (Å²) in [7, 11) is 0. The number of rotatable bonds is 5. The smallest absolute Gasteiger partial charge is 0.0248 e. The molecule has 1 aliphatic carbocycles. The molecule has 0 atom stereocenters. The van der Waals surface area contributed by atoms with Gasteiger partial charge in [0.2, 0.25) is 0 Å². The molecule has 0 aromatic rings. The van der Waals surface area contributed by atoms with Gasteiger partial charge in [-0.15, -0.1) is 0 Å². The Morgan fingerprint density at radius 3 is 2.21 bits per heavy atom. The molecule has 3 rings (SSSR count). The molecule has 0 aromatic heterocycles. The topological polar surface area (TPSA) is 15.3 Å². The van der Waals surface area contributed by atoms with E-state index >= 15 is 0 Å². The Kier molecular flexibility index (Phi) is 5.80. The van der Waals surface area contributed by atoms with E-state index in [0.29, 0.717) is 0 Å². The maximum atomic E-state index is 3.84. The molecule has 0 aromatic carbocycles. The number of hydrogen-bond acceptors (Lipinski definition) is 4. The van der Waals surface area contributed by atoms with E-state index in [-0.39, 0.29) is 0 Å². The molecule has 4 heteroatoms. The van der Waals surface area contributed by atoms with E-state index < -0.39 is 0 Å². The molecule has 0 radical (unpaired) electrons. The second kappa shape index (κ2) is 7.58. The van der Waals surface area contributed by atoms with Gasteiger partial charge < -0.3 is 10.2 Å². The number of nitrogens with one attached hydrogen (secondary N) is 1. The summed E-state index contributed by atoms with van der Waals surface area (Å²) in [5.41, 5.74) is 0. The van der Waals surface area contributed by atoms with E-state index in [4.69, 9.17) is 0 Å². The first-order valence-corrected chi connectivity index (χ1v) is 10.3. The summed E-state index contributed by atoms with van der Waals surface area (Å²) in [6, 6.07) is 0.766. The third-order valence-electron chi connectivity index (χ3n) is 4.63. The molecule has 1 N–H and O–H groups in total. The van der Waals surface area contributed by atoms with Crippen molar-refractivity contribution < 1.29 is 0 Å². The second-order valence-corrected chi connectivity index (χ2v) is 8.74. The Hall–Kier alpha value is 0.620. The zero-order chi connectivity index (χ0) is 12.9. The summed E-state index contributed by atoms with van der Waals surface area (Å²) in [6.07, 6.45) is 5.84. The van der Waals surface area contributed by atoms with E-state index in [1.165, 1.54) is 74.9 Å². The van der Waals surface area contributed by atoms with Crippen LogP contribution >= 0.6 is 23.5 Å². The number of piperidine rings is 1. The molecule has 2 aliphatic heterocycles. The van der Waals surface area contributed by atoms with E-state index in [1.807, 2.05) is 0 Å². The van der Waals surface area contributed by atoms with Crippen molar-refractivity contribution in [2.75, 3.05) is 49.2 Å². The van der Waals surface area contributed by atoms with Crippen LogP contribution in [0.1, 0.15) is 25.7 Å². The Balaban J connectivity index is 1.30. The van der Waals surface area contributed by atoms with Crippen LogP contribution in [-0.2, 0) is 0 Å². The molecule has 2 heterocycles. The van der Waals surface area contributed by atoms with Crippen LogP contribution in [0.15, 0.2) is 0 Å². The predicted octanol–water partition coefficient (Wildman–Crippen LogP) is 2.55. The fourth-order valence-electron chi connectivity index (χ4n) is 3.11. The van der Waals surface area contributed by atoms with Gasteiger partial charge in [-0.05, 0) is 57.2 Å². The molecule has 2 saturated heterocycles. The molecule has 0 bridgehead atoms. The van der Waals surface area contributed by atoms with Crippen LogP contribution in [0, 0.1) is 11.8 Å². The molecule has 19 heavy (non-hydrogen) atoms. The Morgan fingerprint density at radius 1 is 0.895 bits per heavy atom. The van der Waals surface area contributed by atoms with Crippen molar-refractivity contribution >= 4 is 23.5 Å². The summed E-state index contributed by atoms with van der Waals surface area (Å²) in [5.74, 6) is 7.36. The maximum absolute atomic E-state index is 3.84. The van der Waals surface area contributed by atoms with Crippen LogP contribution < -0.4 is 5.32 Å². The molecule has 0 unspecified atom stereocenters. The molecule has 2 nitrogen and oxygen atoms in total. The monoisotopic (exact) mass is 300 g/mol. The highest BCUT2D eigenvalue weighted by Gasteiger charge is 2.27. The third kappa shape index (κ3) is 5.14. The molecule has 1 saturated carbocycles. The first-order valence-electron chi connectivity index (χ1n) is 8.01. The summed E-state index contributed by atoms with van der Waals surface area (Å²) < 4.78 is 0. The number of hydrogen-bond donors (Lipinski definition) is 1. The number of nitrogens with zero attached hydrogens (tertiary/aromatic N) is 1. The molecular formula is C15H28N2S2. The van der Waals surface area contributed by atoms with Gasteiger partial charge in [0.15, 0.2) is 0 Å². The molecular weight excluding hydrogens is 272 g/mol. The van der Waals surface area contributed by atoms with Crippen LogP contribution in [-0.4, -0.2) is 60.1 Å². The lowest BCUT2D eigenvalue weighted by Gasteiger charge is -2.32. The average molecular weight is 301 g/mol. The summed E-state index contributed by atoms with van der Waals surface area (Å²) in [5, 5.41) is 3.84. The van der Waals surface area contributed by atoms with Crippen molar-refractivity contribution in [2.24, 2.45) is 11.8 Å². The van der Waals surface area contributed by atoms with Crippen molar-refractivity contribution in [3.63, 3.8) is 0 Å². The maximum Gasteiger partial charge on any atom is 0.0248 e. The summed E-state index contributed by atoms with van der Waals surface area (Å²) in [6.45, 7) is 5.38. The van der Waals surface area contributed by atoms with Gasteiger partial charge in [-0.3, -0.25) is 0 Å². The van der Waals surface area contributed by atoms with Gasteiger partial charge in [-0.2, -0.15) is 23.5 Å². The standard InChI is InChI=1S/C15H28N2S2/c1-2-14(1)10-17-5-3-13(4-6-17)9-16-15-11-18-7-8-19-12-15/h13-16H,1-12H2. The Morgan fingerprint density at radius 2 is 1.58 bits per heavy atom. The van der Waals surface area contributed by atoms with Gasteiger partial charge in [0.25, 0.3) is 0 Å². The van der Waals surface area contributed by atoms with Crippen molar-refractivity contribution in [1.82, 2.24) is 10.2 Å². The van der Waals surface area contributed by atoms with Crippen molar-refractivity contribution in [3.8, 4) is 0 Å². The summed E-state index contributed by atoms with van der Waals surface area (Å²) in [4.78, 5) is 2.71. The normalized spacial score (nSPS) is 28.4. The lowest BCUT2D eigenvalue weighted by Crippen LogP contribution is -2.41. The van der Waals surface area contributed by atoms with Crippen LogP contribution in [0.2, 0.25) is 0 Å². The van der Waals surface area contributed by atoms with Gasteiger partial charge in [0.05, 0.1) is 0 Å². The van der Waals surface area contributed by atoms with Gasteiger partial charge >= 0.3 is 0 Å². The fourth-order valence-corrected chi connectivity index (χ4v) is 5.57. The van der Waals surface area contributed by atoms with Crippen LogP contribution in [0.4, 0.5) is 0 Å². The molecule has 0 amide bonds. The fraction of sp³-hybridized carbons (Fsp3) is 1.00. The quantitative estimate of drug-likeness (QED) is 0.839. The Bertz CT molecular complexity index is 255. The van der Waals surface area contributed by atoms with Crippen LogP contribution in [0.25, 0.3) is 0 Å². The minimum absolute atomic E-state index is 0.766. The lowest BCUT2D eigenvalue weighted by molar-refractivity contribution is 0.175. The van der Waals surface area contributed by atoms with Crippen molar-refractivity contribution in [3.05, 3.63) is 0 Å². The van der Waals surface area contributed by atoms with Crippen molar-refractivity contribution in [2.45, 2.75) is 31.7 Å². The average Bonchev–Trinajstić information content (AvgIpc) is 3.25. The highest BCUT2D eigenvalue weighted by Crippen LogP contribution is 2.31. The van der Waals surface area contributed by atoms with E-state index in [2.05, 4.69) is 33.7 Å². The van der Waals surface area contributed by atoms with E-state index in [0.717, 1.165) is 17.9 Å². The highest BCUT2D eigenvalue weighted by atomic mass is 32.2. The lowest BCUT2D eigenvalue weighted by atomic mass is 9.96. The summed E-state index contributed by atoms with van der Waals surface area (Å²) >= 11 is 4.27. The van der Waals surface area contributed by atoms with Gasteiger partial charge in [-0.1, -0.05) is 0 Å². The number of likely N-dealkylation sites (tertiary alicyclic amines) is 1. The van der Waals surface area contributed by atoms with Crippen molar-refractivity contribution in [1.29, 1.82) is 0 Å². The predicted molar refractivity (Wildman–Crippen MR) is 88.3 cm³/mol.